The van der Waals surface area contributed by atoms with Gasteiger partial charge in [-0.1, -0.05) is 79.9 Å². The highest BCUT2D eigenvalue weighted by Gasteiger charge is 2.46. The lowest BCUT2D eigenvalue weighted by Gasteiger charge is -2.34. The van der Waals surface area contributed by atoms with Crippen LogP contribution in [0.25, 0.3) is 0 Å². The van der Waals surface area contributed by atoms with Crippen molar-refractivity contribution in [1.82, 2.24) is 0 Å². The van der Waals surface area contributed by atoms with Gasteiger partial charge in [0.2, 0.25) is 0 Å². The first-order chi connectivity index (χ1) is 11.4. The van der Waals surface area contributed by atoms with Crippen molar-refractivity contribution in [3.05, 3.63) is 60.7 Å². The minimum atomic E-state index is -0.704. The largest absolute Gasteiger partial charge is 0.346 e. The first-order valence-corrected chi connectivity index (χ1v) is 10.2. The molecule has 0 saturated heterocycles. The molecule has 0 N–H and O–H groups in total. The van der Waals surface area contributed by atoms with Crippen molar-refractivity contribution in [3.8, 4) is 0 Å². The first kappa shape index (κ1) is 15.4. The number of hydrogen-bond acceptors (Lipinski definition) is 1. The Morgan fingerprint density at radius 2 is 1.26 bits per heavy atom. The van der Waals surface area contributed by atoms with Crippen LogP contribution in [0.1, 0.15) is 44.9 Å². The Labute approximate surface area is 140 Å². The van der Waals surface area contributed by atoms with Gasteiger partial charge in [0.25, 0.3) is 0 Å². The molecule has 0 bridgehead atoms. The van der Waals surface area contributed by atoms with Crippen molar-refractivity contribution >= 4 is 18.8 Å². The quantitative estimate of drug-likeness (QED) is 0.706. The Bertz CT molecular complexity index is 574. The van der Waals surface area contributed by atoms with E-state index >= 15 is 0 Å². The van der Waals surface area contributed by atoms with E-state index in [1.54, 1.807) is 0 Å². The predicted molar refractivity (Wildman–Crippen MR) is 98.7 cm³/mol. The lowest BCUT2D eigenvalue weighted by molar-refractivity contribution is 0.0943. The minimum Gasteiger partial charge on any atom is -0.346 e. The third kappa shape index (κ3) is 3.10. The monoisotopic (exact) mass is 324 g/mol. The van der Waals surface area contributed by atoms with Crippen LogP contribution < -0.4 is 10.6 Å². The highest BCUT2D eigenvalue weighted by atomic mass is 31.1. The zero-order valence-corrected chi connectivity index (χ0v) is 14.6. The van der Waals surface area contributed by atoms with E-state index in [9.17, 15) is 0 Å². The molecule has 2 aromatic rings. The van der Waals surface area contributed by atoms with Crippen LogP contribution in [0.15, 0.2) is 60.7 Å². The fraction of sp³-hybridized carbons (Fsp3) is 0.429. The maximum Gasteiger partial charge on any atom is 0.0921 e. The number of benzene rings is 2. The van der Waals surface area contributed by atoms with Crippen molar-refractivity contribution in [1.29, 1.82) is 0 Å². The molecule has 1 spiro atoms. The molecule has 2 aliphatic rings. The van der Waals surface area contributed by atoms with Gasteiger partial charge >= 0.3 is 0 Å². The van der Waals surface area contributed by atoms with Crippen molar-refractivity contribution in [2.75, 3.05) is 0 Å². The zero-order chi connectivity index (χ0) is 15.5. The third-order valence-corrected chi connectivity index (χ3v) is 7.64. The summed E-state index contributed by atoms with van der Waals surface area (Å²) in [6.45, 7) is 0. The SMILES string of the molecule is c1ccc(P(OC2CCCC23CCCC3)c2ccccc2)cc1. The second-order valence-corrected chi connectivity index (χ2v) is 8.85. The van der Waals surface area contributed by atoms with Gasteiger partial charge in [-0.2, -0.15) is 0 Å². The summed E-state index contributed by atoms with van der Waals surface area (Å²) in [5.41, 5.74) is 0.490. The highest BCUT2D eigenvalue weighted by molar-refractivity contribution is 7.68. The second-order valence-electron chi connectivity index (χ2n) is 7.02. The van der Waals surface area contributed by atoms with E-state index in [1.807, 2.05) is 0 Å². The molecule has 2 heteroatoms. The van der Waals surface area contributed by atoms with E-state index in [4.69, 9.17) is 4.52 Å². The van der Waals surface area contributed by atoms with Gasteiger partial charge in [0, 0.05) is 10.6 Å². The molecule has 0 aliphatic heterocycles. The molecule has 1 unspecified atom stereocenters. The normalized spacial score (nSPS) is 22.9. The van der Waals surface area contributed by atoms with E-state index < -0.39 is 8.15 Å². The molecule has 0 amide bonds. The van der Waals surface area contributed by atoms with Crippen molar-refractivity contribution in [3.63, 3.8) is 0 Å². The van der Waals surface area contributed by atoms with Gasteiger partial charge in [-0.25, -0.2) is 0 Å². The van der Waals surface area contributed by atoms with E-state index in [-0.39, 0.29) is 0 Å². The Morgan fingerprint density at radius 1 is 0.739 bits per heavy atom. The molecule has 0 aromatic heterocycles. The lowest BCUT2D eigenvalue weighted by Crippen LogP contribution is -2.30. The second kappa shape index (κ2) is 6.75. The van der Waals surface area contributed by atoms with Gasteiger partial charge in [-0.15, -0.1) is 0 Å². The average Bonchev–Trinajstić information content (AvgIpc) is 3.25. The summed E-state index contributed by atoms with van der Waals surface area (Å²) in [6.07, 6.45) is 9.98. The fourth-order valence-corrected chi connectivity index (χ4v) is 6.46. The number of rotatable bonds is 4. The Kier molecular flexibility index (Phi) is 4.51. The molecule has 1 atom stereocenters. The van der Waals surface area contributed by atoms with Gasteiger partial charge in [-0.05, 0) is 31.1 Å². The van der Waals surface area contributed by atoms with Gasteiger partial charge in [0.15, 0.2) is 0 Å². The van der Waals surface area contributed by atoms with E-state index in [0.29, 0.717) is 11.5 Å². The average molecular weight is 324 g/mol. The summed E-state index contributed by atoms with van der Waals surface area (Å²) < 4.78 is 6.89. The van der Waals surface area contributed by atoms with Gasteiger partial charge in [0.1, 0.15) is 0 Å². The molecule has 4 rings (SSSR count). The van der Waals surface area contributed by atoms with Crippen molar-refractivity contribution < 1.29 is 4.52 Å². The van der Waals surface area contributed by atoms with Crippen LogP contribution in [-0.4, -0.2) is 6.10 Å². The van der Waals surface area contributed by atoms with Crippen LogP contribution in [0.4, 0.5) is 0 Å². The summed E-state index contributed by atoms with van der Waals surface area (Å²) in [6, 6.07) is 21.7. The Balaban J connectivity index is 1.64. The smallest absolute Gasteiger partial charge is 0.0921 e. The molecule has 2 aliphatic carbocycles. The van der Waals surface area contributed by atoms with Gasteiger partial charge < -0.3 is 4.52 Å². The fourth-order valence-electron chi connectivity index (χ4n) is 4.45. The lowest BCUT2D eigenvalue weighted by atomic mass is 9.83. The molecule has 2 saturated carbocycles. The molecular weight excluding hydrogens is 299 g/mol. The molecule has 0 radical (unpaired) electrons. The van der Waals surface area contributed by atoms with Crippen LogP contribution in [0, 0.1) is 5.41 Å². The molecule has 2 fully saturated rings. The summed E-state index contributed by atoms with van der Waals surface area (Å²) in [7, 11) is -0.704. The molecule has 2 aromatic carbocycles. The van der Waals surface area contributed by atoms with E-state index in [1.165, 1.54) is 55.6 Å². The maximum absolute atomic E-state index is 6.89. The molecule has 1 nitrogen and oxygen atoms in total. The summed E-state index contributed by atoms with van der Waals surface area (Å²) >= 11 is 0. The van der Waals surface area contributed by atoms with Crippen LogP contribution >= 0.6 is 8.15 Å². The minimum absolute atomic E-state index is 0.455. The molecule has 0 heterocycles. The van der Waals surface area contributed by atoms with Crippen molar-refractivity contribution in [2.45, 2.75) is 51.0 Å². The van der Waals surface area contributed by atoms with Crippen molar-refractivity contribution in [2.24, 2.45) is 5.41 Å². The van der Waals surface area contributed by atoms with Crippen LogP contribution in [-0.2, 0) is 4.52 Å². The Hall–Kier alpha value is -1.17. The summed E-state index contributed by atoms with van der Waals surface area (Å²) in [4.78, 5) is 0. The maximum atomic E-state index is 6.89. The Morgan fingerprint density at radius 3 is 1.83 bits per heavy atom. The third-order valence-electron chi connectivity index (χ3n) is 5.64. The zero-order valence-electron chi connectivity index (χ0n) is 13.7. The molecule has 23 heavy (non-hydrogen) atoms. The molecule has 120 valence electrons. The van der Waals surface area contributed by atoms with Crippen LogP contribution in [0.5, 0.6) is 0 Å². The first-order valence-electron chi connectivity index (χ1n) is 8.94. The summed E-state index contributed by atoms with van der Waals surface area (Å²) in [5.74, 6) is 0. The van der Waals surface area contributed by atoms with Gasteiger partial charge in [0.05, 0.1) is 14.3 Å². The van der Waals surface area contributed by atoms with Crippen LogP contribution in [0.2, 0.25) is 0 Å². The topological polar surface area (TPSA) is 9.23 Å². The van der Waals surface area contributed by atoms with Gasteiger partial charge in [-0.3, -0.25) is 0 Å². The predicted octanol–water partition coefficient (Wildman–Crippen LogP) is 5.16. The standard InChI is InChI=1S/C21H25OP/c1-3-10-18(11-4-1)23(19-12-5-2-6-13-19)22-20-14-9-17-21(20)15-7-8-16-21/h1-6,10-13,20H,7-9,14-17H2. The van der Waals surface area contributed by atoms with E-state index in [0.717, 1.165) is 0 Å². The highest BCUT2D eigenvalue weighted by Crippen LogP contribution is 2.55. The molecular formula is C21H25OP. The van der Waals surface area contributed by atoms with E-state index in [2.05, 4.69) is 60.7 Å². The number of hydrogen-bond donors (Lipinski definition) is 0. The summed E-state index contributed by atoms with van der Waals surface area (Å²) in [5, 5.41) is 2.68. The van der Waals surface area contributed by atoms with Crippen LogP contribution in [0.3, 0.4) is 0 Å².